The average molecular weight is 678 g/mol. The van der Waals surface area contributed by atoms with Gasteiger partial charge in [-0.15, -0.1) is 0 Å². The molecule has 48 heavy (non-hydrogen) atoms. The molecule has 0 aliphatic heterocycles. The van der Waals surface area contributed by atoms with E-state index in [0.717, 1.165) is 22.0 Å². The number of sulfonamides is 1. The number of ether oxygens (including phenoxy) is 3. The topological polar surface area (TPSA) is 114 Å². The molecule has 0 bridgehead atoms. The molecule has 254 valence electrons. The van der Waals surface area contributed by atoms with Gasteiger partial charge >= 0.3 is 0 Å². The Morgan fingerprint density at radius 2 is 1.46 bits per heavy atom. The van der Waals surface area contributed by atoms with Crippen molar-refractivity contribution in [3.05, 3.63) is 114 Å². The molecular formula is C36H40FN3O7S. The summed E-state index contributed by atoms with van der Waals surface area (Å²) in [6.45, 7) is 2.90. The number of hydrogen-bond acceptors (Lipinski definition) is 7. The van der Waals surface area contributed by atoms with Gasteiger partial charge in [-0.2, -0.15) is 0 Å². The first kappa shape index (κ1) is 35.7. The fourth-order valence-corrected chi connectivity index (χ4v) is 6.57. The van der Waals surface area contributed by atoms with Gasteiger partial charge in [-0.05, 0) is 73.5 Å². The van der Waals surface area contributed by atoms with Gasteiger partial charge in [0.05, 0.1) is 31.9 Å². The zero-order valence-electron chi connectivity index (χ0n) is 27.6. The quantitative estimate of drug-likeness (QED) is 0.184. The summed E-state index contributed by atoms with van der Waals surface area (Å²) in [4.78, 5) is 29.6. The van der Waals surface area contributed by atoms with Crippen LogP contribution in [0.25, 0.3) is 0 Å². The van der Waals surface area contributed by atoms with E-state index in [9.17, 15) is 22.4 Å². The summed E-state index contributed by atoms with van der Waals surface area (Å²) in [5, 5.41) is 2.92. The Morgan fingerprint density at radius 3 is 2.08 bits per heavy atom. The molecule has 0 aromatic heterocycles. The second-order valence-electron chi connectivity index (χ2n) is 11.2. The van der Waals surface area contributed by atoms with E-state index in [-0.39, 0.29) is 35.3 Å². The molecule has 12 heteroatoms. The normalized spacial score (nSPS) is 11.8. The number of benzene rings is 4. The molecule has 0 aliphatic rings. The van der Waals surface area contributed by atoms with Crippen LogP contribution in [-0.2, 0) is 32.6 Å². The molecule has 0 spiro atoms. The van der Waals surface area contributed by atoms with E-state index >= 15 is 0 Å². The Labute approximate surface area is 281 Å². The smallest absolute Gasteiger partial charge is 0.264 e. The van der Waals surface area contributed by atoms with Crippen LogP contribution >= 0.6 is 0 Å². The lowest BCUT2D eigenvalue weighted by molar-refractivity contribution is -0.140. The van der Waals surface area contributed by atoms with E-state index in [1.807, 2.05) is 44.2 Å². The van der Waals surface area contributed by atoms with Gasteiger partial charge < -0.3 is 24.4 Å². The van der Waals surface area contributed by atoms with Crippen LogP contribution in [0.1, 0.15) is 25.0 Å². The van der Waals surface area contributed by atoms with Gasteiger partial charge in [0.2, 0.25) is 11.8 Å². The van der Waals surface area contributed by atoms with Crippen LogP contribution in [0.15, 0.2) is 102 Å². The van der Waals surface area contributed by atoms with Crippen molar-refractivity contribution in [1.29, 1.82) is 0 Å². The number of halogens is 1. The summed E-state index contributed by atoms with van der Waals surface area (Å²) in [5.74, 6) is -0.620. The highest BCUT2D eigenvalue weighted by Crippen LogP contribution is 2.32. The SMILES string of the molecule is COc1cccc(CN(C(=O)CN(c2ccc(F)cc2)S(=O)(=O)c2ccc(OC)c(OC)c2)C(Cc2ccccc2)C(=O)NC(C)C)c1. The fourth-order valence-electron chi connectivity index (χ4n) is 5.14. The summed E-state index contributed by atoms with van der Waals surface area (Å²) >= 11 is 0. The maximum absolute atomic E-state index is 14.6. The molecule has 0 saturated heterocycles. The first-order chi connectivity index (χ1) is 23.0. The first-order valence-corrected chi connectivity index (χ1v) is 16.7. The van der Waals surface area contributed by atoms with E-state index < -0.39 is 40.2 Å². The van der Waals surface area contributed by atoms with Crippen molar-refractivity contribution in [2.75, 3.05) is 32.2 Å². The predicted octanol–water partition coefficient (Wildman–Crippen LogP) is 5.21. The highest BCUT2D eigenvalue weighted by molar-refractivity contribution is 7.92. The molecule has 0 fully saturated rings. The van der Waals surface area contributed by atoms with Crippen LogP contribution in [0, 0.1) is 5.82 Å². The molecule has 4 aromatic carbocycles. The number of nitrogens with one attached hydrogen (secondary N) is 1. The molecule has 0 saturated carbocycles. The number of anilines is 1. The standard InChI is InChI=1S/C36H40FN3O7S/c1-25(2)38-36(42)32(21-26-10-7-6-8-11-26)39(23-27-12-9-13-30(20-27)45-3)35(41)24-40(29-16-14-28(37)15-17-29)48(43,44)31-18-19-33(46-4)34(22-31)47-5/h6-20,22,25,32H,21,23-24H2,1-5H3,(H,38,42). The van der Waals surface area contributed by atoms with Crippen molar-refractivity contribution in [3.63, 3.8) is 0 Å². The summed E-state index contributed by atoms with van der Waals surface area (Å²) < 4.78 is 59.5. The molecule has 1 unspecified atom stereocenters. The second kappa shape index (κ2) is 16.1. The average Bonchev–Trinajstić information content (AvgIpc) is 3.08. The van der Waals surface area contributed by atoms with Gasteiger partial charge in [0.15, 0.2) is 11.5 Å². The number of rotatable bonds is 15. The minimum absolute atomic E-state index is 0.0350. The van der Waals surface area contributed by atoms with E-state index in [0.29, 0.717) is 17.1 Å². The lowest BCUT2D eigenvalue weighted by Gasteiger charge is -2.34. The first-order valence-electron chi connectivity index (χ1n) is 15.2. The van der Waals surface area contributed by atoms with E-state index in [1.54, 1.807) is 24.3 Å². The van der Waals surface area contributed by atoms with Gasteiger partial charge in [0.25, 0.3) is 10.0 Å². The van der Waals surface area contributed by atoms with Crippen LogP contribution in [0.3, 0.4) is 0 Å². The number of nitrogens with zero attached hydrogens (tertiary/aromatic N) is 2. The van der Waals surface area contributed by atoms with Crippen molar-refractivity contribution >= 4 is 27.5 Å². The highest BCUT2D eigenvalue weighted by Gasteiger charge is 2.35. The molecule has 4 rings (SSSR count). The largest absolute Gasteiger partial charge is 0.497 e. The minimum atomic E-state index is -4.45. The molecule has 0 aliphatic carbocycles. The van der Waals surface area contributed by atoms with Gasteiger partial charge in [-0.25, -0.2) is 12.8 Å². The van der Waals surface area contributed by atoms with Crippen molar-refractivity contribution in [3.8, 4) is 17.2 Å². The Balaban J connectivity index is 1.83. The summed E-state index contributed by atoms with van der Waals surface area (Å²) in [6, 6.07) is 23.9. The Bertz CT molecular complexity index is 1800. The highest BCUT2D eigenvalue weighted by atomic mass is 32.2. The van der Waals surface area contributed by atoms with Crippen molar-refractivity contribution in [2.24, 2.45) is 0 Å². The summed E-state index contributed by atoms with van der Waals surface area (Å²) in [7, 11) is -0.129. The monoisotopic (exact) mass is 677 g/mol. The molecule has 0 radical (unpaired) electrons. The van der Waals surface area contributed by atoms with Crippen molar-refractivity contribution in [1.82, 2.24) is 10.2 Å². The lowest BCUT2D eigenvalue weighted by Crippen LogP contribution is -2.54. The van der Waals surface area contributed by atoms with Gasteiger partial charge in [-0.1, -0.05) is 42.5 Å². The van der Waals surface area contributed by atoms with Crippen LogP contribution < -0.4 is 23.8 Å². The number of carbonyl (C=O) groups is 2. The third kappa shape index (κ3) is 8.82. The van der Waals surface area contributed by atoms with Crippen molar-refractivity contribution < 1.29 is 36.6 Å². The van der Waals surface area contributed by atoms with Crippen LogP contribution in [0.2, 0.25) is 0 Å². The molecule has 1 atom stereocenters. The maximum Gasteiger partial charge on any atom is 0.264 e. The van der Waals surface area contributed by atoms with Gasteiger partial charge in [-0.3, -0.25) is 13.9 Å². The van der Waals surface area contributed by atoms with Crippen LogP contribution in [-0.4, -0.2) is 65.1 Å². The van der Waals surface area contributed by atoms with Crippen molar-refractivity contribution in [2.45, 2.75) is 43.8 Å². The Kier molecular flexibility index (Phi) is 12.0. The zero-order chi connectivity index (χ0) is 34.8. The summed E-state index contributed by atoms with van der Waals surface area (Å²) in [6.07, 6.45) is 0.161. The Hall–Kier alpha value is -5.10. The fraction of sp³-hybridized carbons (Fsp3) is 0.278. The zero-order valence-corrected chi connectivity index (χ0v) is 28.4. The van der Waals surface area contributed by atoms with Gasteiger partial charge in [0.1, 0.15) is 24.2 Å². The number of carbonyl (C=O) groups excluding carboxylic acids is 2. The van der Waals surface area contributed by atoms with E-state index in [4.69, 9.17) is 14.2 Å². The van der Waals surface area contributed by atoms with Crippen LogP contribution in [0.4, 0.5) is 10.1 Å². The third-order valence-electron chi connectivity index (χ3n) is 7.53. The van der Waals surface area contributed by atoms with Crippen LogP contribution in [0.5, 0.6) is 17.2 Å². The number of hydrogen-bond donors (Lipinski definition) is 1. The molecule has 2 amide bonds. The molecule has 1 N–H and O–H groups in total. The third-order valence-corrected chi connectivity index (χ3v) is 9.30. The molecule has 0 heterocycles. The maximum atomic E-state index is 14.6. The van der Waals surface area contributed by atoms with Gasteiger partial charge in [0, 0.05) is 25.1 Å². The number of methoxy groups -OCH3 is 3. The minimum Gasteiger partial charge on any atom is -0.497 e. The molecule has 4 aromatic rings. The van der Waals surface area contributed by atoms with E-state index in [1.165, 1.54) is 56.6 Å². The number of amides is 2. The predicted molar refractivity (Wildman–Crippen MR) is 181 cm³/mol. The molecule has 10 nitrogen and oxygen atoms in total. The van der Waals surface area contributed by atoms with E-state index in [2.05, 4.69) is 5.32 Å². The molecular weight excluding hydrogens is 637 g/mol. The summed E-state index contributed by atoms with van der Waals surface area (Å²) in [5.41, 5.74) is 1.51. The second-order valence-corrected chi connectivity index (χ2v) is 13.1. The lowest BCUT2D eigenvalue weighted by atomic mass is 10.0. The Morgan fingerprint density at radius 1 is 0.792 bits per heavy atom.